The second kappa shape index (κ2) is 10.5. The highest BCUT2D eigenvalue weighted by Gasteiger charge is 2.25. The van der Waals surface area contributed by atoms with E-state index in [1.54, 1.807) is 11.9 Å². The largest absolute Gasteiger partial charge is 0.340 e. The van der Waals surface area contributed by atoms with E-state index < -0.39 is 6.04 Å². The van der Waals surface area contributed by atoms with Crippen LogP contribution in [0.2, 0.25) is 0 Å². The van der Waals surface area contributed by atoms with Crippen LogP contribution in [-0.2, 0) is 11.3 Å². The number of nitrogens with zero attached hydrogens (tertiary/aromatic N) is 1. The van der Waals surface area contributed by atoms with Gasteiger partial charge in [0, 0.05) is 13.6 Å². The molecule has 2 rings (SSSR count). The van der Waals surface area contributed by atoms with Gasteiger partial charge in [0.1, 0.15) is 6.04 Å². The van der Waals surface area contributed by atoms with Crippen molar-refractivity contribution in [3.8, 4) is 0 Å². The van der Waals surface area contributed by atoms with E-state index in [0.29, 0.717) is 13.0 Å². The summed E-state index contributed by atoms with van der Waals surface area (Å²) in [7, 11) is 1.77. The maximum absolute atomic E-state index is 13.0. The van der Waals surface area contributed by atoms with Gasteiger partial charge in [-0.25, -0.2) is 4.79 Å². The Morgan fingerprint density at radius 1 is 0.893 bits per heavy atom. The number of hydrogen-bond donors (Lipinski definition) is 2. The zero-order valence-corrected chi connectivity index (χ0v) is 17.2. The van der Waals surface area contributed by atoms with Crippen molar-refractivity contribution < 1.29 is 9.59 Å². The van der Waals surface area contributed by atoms with Crippen molar-refractivity contribution in [3.05, 3.63) is 71.8 Å². The Morgan fingerprint density at radius 3 is 2.04 bits per heavy atom. The second-order valence-electron chi connectivity index (χ2n) is 7.61. The van der Waals surface area contributed by atoms with Crippen LogP contribution in [0.25, 0.3) is 0 Å². The van der Waals surface area contributed by atoms with Crippen molar-refractivity contribution in [2.24, 2.45) is 5.92 Å². The molecule has 0 aromatic heterocycles. The average molecular weight is 382 g/mol. The van der Waals surface area contributed by atoms with Gasteiger partial charge in [-0.15, -0.1) is 0 Å². The van der Waals surface area contributed by atoms with Crippen LogP contribution in [0.4, 0.5) is 4.79 Å². The third-order valence-electron chi connectivity index (χ3n) is 4.60. The minimum Gasteiger partial charge on any atom is -0.340 e. The van der Waals surface area contributed by atoms with Crippen LogP contribution in [0.15, 0.2) is 60.7 Å². The van der Waals surface area contributed by atoms with Gasteiger partial charge in [0.05, 0.1) is 6.04 Å². The zero-order chi connectivity index (χ0) is 20.5. The minimum absolute atomic E-state index is 0.0833. The lowest BCUT2D eigenvalue weighted by atomic mass is 10.0. The molecule has 2 aromatic carbocycles. The molecule has 2 N–H and O–H groups in total. The number of carbonyl (C=O) groups is 2. The Balaban J connectivity index is 1.99. The fourth-order valence-electron chi connectivity index (χ4n) is 3.12. The lowest BCUT2D eigenvalue weighted by Gasteiger charge is -2.26. The van der Waals surface area contributed by atoms with E-state index in [1.807, 2.05) is 81.4 Å². The van der Waals surface area contributed by atoms with Gasteiger partial charge in [0.2, 0.25) is 5.91 Å². The summed E-state index contributed by atoms with van der Waals surface area (Å²) in [4.78, 5) is 27.1. The molecule has 0 aliphatic rings. The van der Waals surface area contributed by atoms with Crippen molar-refractivity contribution in [1.29, 1.82) is 0 Å². The Morgan fingerprint density at radius 2 is 1.46 bits per heavy atom. The van der Waals surface area contributed by atoms with E-state index in [9.17, 15) is 9.59 Å². The molecule has 0 saturated carbocycles. The fourth-order valence-corrected chi connectivity index (χ4v) is 3.12. The third-order valence-corrected chi connectivity index (χ3v) is 4.60. The molecule has 1 unspecified atom stereocenters. The molecule has 5 heteroatoms. The van der Waals surface area contributed by atoms with Crippen molar-refractivity contribution >= 4 is 11.9 Å². The molecule has 0 aliphatic carbocycles. The Hall–Kier alpha value is -2.82. The molecule has 5 nitrogen and oxygen atoms in total. The van der Waals surface area contributed by atoms with Crippen molar-refractivity contribution in [1.82, 2.24) is 15.5 Å². The van der Waals surface area contributed by atoms with Crippen molar-refractivity contribution in [2.75, 3.05) is 7.05 Å². The molecule has 0 spiro atoms. The molecule has 2 aromatic rings. The molecule has 0 bridgehead atoms. The summed E-state index contributed by atoms with van der Waals surface area (Å²) in [6, 6.07) is 18.6. The first-order valence-corrected chi connectivity index (χ1v) is 9.77. The van der Waals surface area contributed by atoms with Crippen molar-refractivity contribution in [3.63, 3.8) is 0 Å². The molecular formula is C23H31N3O2. The highest BCUT2D eigenvalue weighted by molar-refractivity contribution is 5.87. The number of rotatable bonds is 8. The number of likely N-dealkylation sites (N-methyl/N-ethyl adjacent to an activating group) is 1. The molecule has 3 amide bonds. The molecule has 0 radical (unpaired) electrons. The van der Waals surface area contributed by atoms with Gasteiger partial charge in [-0.05, 0) is 30.4 Å². The van der Waals surface area contributed by atoms with Crippen molar-refractivity contribution in [2.45, 2.75) is 45.8 Å². The lowest BCUT2D eigenvalue weighted by Crippen LogP contribution is -2.51. The standard InChI is InChI=1S/C23H31N3O2/c1-17(2)15-21(22(27)26(4)16-19-11-7-5-8-12-19)25-23(28)24-18(3)20-13-9-6-10-14-20/h5-14,17-18,21H,15-16H2,1-4H3,(H2,24,25,28)/t18?,21-/m0/s1. The minimum atomic E-state index is -0.559. The summed E-state index contributed by atoms with van der Waals surface area (Å²) in [5.41, 5.74) is 2.08. The van der Waals surface area contributed by atoms with Gasteiger partial charge < -0.3 is 15.5 Å². The predicted octanol–water partition coefficient (Wildman–Crippen LogP) is 4.12. The van der Waals surface area contributed by atoms with Crippen LogP contribution in [-0.4, -0.2) is 29.9 Å². The van der Waals surface area contributed by atoms with Crippen LogP contribution in [0.1, 0.15) is 44.4 Å². The van der Waals surface area contributed by atoms with E-state index in [0.717, 1.165) is 11.1 Å². The quantitative estimate of drug-likeness (QED) is 0.722. The van der Waals surface area contributed by atoms with Gasteiger partial charge in [-0.2, -0.15) is 0 Å². The third kappa shape index (κ3) is 6.72. The topological polar surface area (TPSA) is 61.4 Å². The second-order valence-corrected chi connectivity index (χ2v) is 7.61. The average Bonchev–Trinajstić information content (AvgIpc) is 2.67. The summed E-state index contributed by atoms with van der Waals surface area (Å²) in [5, 5.41) is 5.80. The summed E-state index contributed by atoms with van der Waals surface area (Å²) in [6.07, 6.45) is 0.588. The molecular weight excluding hydrogens is 350 g/mol. The summed E-state index contributed by atoms with van der Waals surface area (Å²) < 4.78 is 0. The smallest absolute Gasteiger partial charge is 0.315 e. The van der Waals surface area contributed by atoms with Gasteiger partial charge in [-0.3, -0.25) is 4.79 Å². The first-order valence-electron chi connectivity index (χ1n) is 9.77. The first kappa shape index (κ1) is 21.5. The van der Waals surface area contributed by atoms with E-state index in [4.69, 9.17) is 0 Å². The summed E-state index contributed by atoms with van der Waals surface area (Å²) >= 11 is 0. The maximum atomic E-state index is 13.0. The van der Waals surface area contributed by atoms with E-state index in [2.05, 4.69) is 10.6 Å². The zero-order valence-electron chi connectivity index (χ0n) is 17.2. The number of nitrogens with one attached hydrogen (secondary N) is 2. The normalized spacial score (nSPS) is 12.9. The number of amides is 3. The molecule has 150 valence electrons. The SMILES string of the molecule is CC(C)C[C@H](NC(=O)NC(C)c1ccccc1)C(=O)N(C)Cc1ccccc1. The highest BCUT2D eigenvalue weighted by Crippen LogP contribution is 2.13. The van der Waals surface area contributed by atoms with Gasteiger partial charge in [0.25, 0.3) is 0 Å². The maximum Gasteiger partial charge on any atom is 0.315 e. The molecule has 2 atom stereocenters. The van der Waals surface area contributed by atoms with Gasteiger partial charge >= 0.3 is 6.03 Å². The molecule has 28 heavy (non-hydrogen) atoms. The number of benzene rings is 2. The van der Waals surface area contributed by atoms with Gasteiger partial charge in [0.15, 0.2) is 0 Å². The molecule has 0 aliphatic heterocycles. The van der Waals surface area contributed by atoms with Crippen LogP contribution >= 0.6 is 0 Å². The summed E-state index contributed by atoms with van der Waals surface area (Å²) in [5.74, 6) is 0.200. The van der Waals surface area contributed by atoms with Gasteiger partial charge in [-0.1, -0.05) is 74.5 Å². The Labute approximate surface area is 168 Å². The van der Waals surface area contributed by atoms with E-state index in [-0.39, 0.29) is 23.9 Å². The first-order chi connectivity index (χ1) is 13.4. The Kier molecular flexibility index (Phi) is 8.05. The van der Waals surface area contributed by atoms with E-state index in [1.165, 1.54) is 0 Å². The lowest BCUT2D eigenvalue weighted by molar-refractivity contribution is -0.132. The Bertz CT molecular complexity index is 747. The molecule has 0 saturated heterocycles. The molecule has 0 heterocycles. The number of hydrogen-bond acceptors (Lipinski definition) is 2. The molecule has 0 fully saturated rings. The van der Waals surface area contributed by atoms with Crippen LogP contribution in [0, 0.1) is 5.92 Å². The predicted molar refractivity (Wildman–Crippen MR) is 113 cm³/mol. The highest BCUT2D eigenvalue weighted by atomic mass is 16.2. The number of carbonyl (C=O) groups excluding carboxylic acids is 2. The van der Waals surface area contributed by atoms with Crippen LogP contribution in [0.5, 0.6) is 0 Å². The summed E-state index contributed by atoms with van der Waals surface area (Å²) in [6.45, 7) is 6.53. The van der Waals surface area contributed by atoms with E-state index >= 15 is 0 Å². The van der Waals surface area contributed by atoms with Crippen LogP contribution in [0.3, 0.4) is 0 Å². The monoisotopic (exact) mass is 381 g/mol. The fraction of sp³-hybridized carbons (Fsp3) is 0.391. The number of urea groups is 1. The van der Waals surface area contributed by atoms with Crippen LogP contribution < -0.4 is 10.6 Å².